The average molecular weight is 419 g/mol. The first-order valence-electron chi connectivity index (χ1n) is 9.70. The molecule has 1 fully saturated rings. The Hall–Kier alpha value is -2.10. The molecule has 0 radical (unpaired) electrons. The molecule has 2 atom stereocenters. The Morgan fingerprint density at radius 1 is 1.21 bits per heavy atom. The highest BCUT2D eigenvalue weighted by atomic mass is 19.4. The number of rotatable bonds is 2. The lowest BCUT2D eigenvalue weighted by Gasteiger charge is -2.34. The van der Waals surface area contributed by atoms with Gasteiger partial charge in [0.05, 0.1) is 5.69 Å². The zero-order chi connectivity index (χ0) is 21.9. The van der Waals surface area contributed by atoms with Gasteiger partial charge < -0.3 is 14.4 Å². The maximum atomic E-state index is 12.7. The van der Waals surface area contributed by atoms with E-state index in [1.807, 2.05) is 4.90 Å². The van der Waals surface area contributed by atoms with E-state index in [2.05, 4.69) is 37.6 Å². The molecule has 10 heteroatoms. The van der Waals surface area contributed by atoms with Crippen molar-refractivity contribution in [2.24, 2.45) is 11.8 Å². The van der Waals surface area contributed by atoms with Crippen LogP contribution in [0.1, 0.15) is 56.3 Å². The minimum absolute atomic E-state index is 0.0381. The fraction of sp³-hybridized carbons (Fsp3) is 0.737. The van der Waals surface area contributed by atoms with Crippen LogP contribution in [-0.2, 0) is 17.8 Å². The van der Waals surface area contributed by atoms with Gasteiger partial charge in [-0.2, -0.15) is 13.2 Å². The van der Waals surface area contributed by atoms with Gasteiger partial charge in [-0.15, -0.1) is 0 Å². The second-order valence-electron chi connectivity index (χ2n) is 8.16. The first-order valence-corrected chi connectivity index (χ1v) is 9.70. The molecule has 29 heavy (non-hydrogen) atoms. The van der Waals surface area contributed by atoms with Crippen LogP contribution in [0, 0.1) is 11.8 Å². The van der Waals surface area contributed by atoms with Gasteiger partial charge in [0, 0.05) is 38.6 Å². The normalized spacial score (nSPS) is 22.7. The number of hydrogen-bond donors (Lipinski definition) is 1. The van der Waals surface area contributed by atoms with Crippen molar-refractivity contribution in [3.05, 3.63) is 17.3 Å². The van der Waals surface area contributed by atoms with Crippen molar-refractivity contribution in [3.8, 4) is 0 Å². The van der Waals surface area contributed by atoms with Gasteiger partial charge in [-0.1, -0.05) is 13.8 Å². The maximum absolute atomic E-state index is 12.7. The van der Waals surface area contributed by atoms with Crippen LogP contribution in [0.15, 0.2) is 4.42 Å². The first kappa shape index (κ1) is 23.2. The topological polar surface area (TPSA) is 86.9 Å². The number of carboxylic acid groups (broad SMARTS) is 1. The molecule has 1 N–H and O–H groups in total. The molecule has 2 aliphatic heterocycles. The van der Waals surface area contributed by atoms with Crippen LogP contribution in [0.5, 0.6) is 0 Å². The molecule has 2 aliphatic rings. The molecule has 7 nitrogen and oxygen atoms in total. The predicted molar refractivity (Wildman–Crippen MR) is 98.3 cm³/mol. The number of carboxylic acids is 1. The fourth-order valence-corrected chi connectivity index (χ4v) is 3.72. The molecule has 0 spiro atoms. The Morgan fingerprint density at radius 2 is 1.76 bits per heavy atom. The largest absolute Gasteiger partial charge is 0.490 e. The van der Waals surface area contributed by atoms with E-state index >= 15 is 0 Å². The molecule has 0 aliphatic carbocycles. The second-order valence-corrected chi connectivity index (χ2v) is 8.16. The number of likely N-dealkylation sites (tertiary alicyclic amines) is 1. The van der Waals surface area contributed by atoms with Gasteiger partial charge in [0.2, 0.25) is 0 Å². The van der Waals surface area contributed by atoms with E-state index in [1.54, 1.807) is 0 Å². The molecule has 3 rings (SSSR count). The minimum Gasteiger partial charge on any atom is -0.475 e. The molecule has 2 unspecified atom stereocenters. The number of carbonyl (C=O) groups is 2. The lowest BCUT2D eigenvalue weighted by Crippen LogP contribution is -2.42. The molecule has 3 heterocycles. The monoisotopic (exact) mass is 419 g/mol. The van der Waals surface area contributed by atoms with Crippen molar-refractivity contribution in [2.75, 3.05) is 19.6 Å². The molecule has 1 aromatic rings. The van der Waals surface area contributed by atoms with Crippen LogP contribution < -0.4 is 0 Å². The summed E-state index contributed by atoms with van der Waals surface area (Å²) in [5, 5.41) is 7.12. The molecule has 0 bridgehead atoms. The highest BCUT2D eigenvalue weighted by molar-refractivity contribution is 5.89. The van der Waals surface area contributed by atoms with Crippen LogP contribution in [0.25, 0.3) is 0 Å². The Morgan fingerprint density at radius 3 is 2.24 bits per heavy atom. The number of hydrogen-bond acceptors (Lipinski definition) is 5. The number of alkyl halides is 3. The zero-order valence-corrected chi connectivity index (χ0v) is 17.1. The van der Waals surface area contributed by atoms with Crippen LogP contribution in [0.3, 0.4) is 0 Å². The number of fused-ring (bicyclic) bond motifs is 1. The van der Waals surface area contributed by atoms with Crippen LogP contribution in [0.4, 0.5) is 13.2 Å². The van der Waals surface area contributed by atoms with Gasteiger partial charge in [0.15, 0.2) is 0 Å². The quantitative estimate of drug-likeness (QED) is 0.792. The maximum Gasteiger partial charge on any atom is 0.490 e. The highest BCUT2D eigenvalue weighted by Crippen LogP contribution is 2.25. The van der Waals surface area contributed by atoms with E-state index in [-0.39, 0.29) is 11.8 Å². The molecular weight excluding hydrogens is 391 g/mol. The zero-order valence-electron chi connectivity index (χ0n) is 17.1. The number of carbonyl (C=O) groups excluding carboxylic acids is 1. The number of halogens is 3. The van der Waals surface area contributed by atoms with Crippen LogP contribution >= 0.6 is 0 Å². The summed E-state index contributed by atoms with van der Waals surface area (Å²) in [6, 6.07) is 0.493. The van der Waals surface area contributed by atoms with Gasteiger partial charge in [0.25, 0.3) is 5.89 Å². The summed E-state index contributed by atoms with van der Waals surface area (Å²) in [6.45, 7) is 12.2. The van der Waals surface area contributed by atoms with Gasteiger partial charge >= 0.3 is 18.1 Å². The van der Waals surface area contributed by atoms with Crippen molar-refractivity contribution in [1.29, 1.82) is 0 Å². The smallest absolute Gasteiger partial charge is 0.475 e. The van der Waals surface area contributed by atoms with E-state index in [4.69, 9.17) is 14.3 Å². The number of nitrogens with zero attached hydrogens (tertiary/aromatic N) is 3. The van der Waals surface area contributed by atoms with E-state index < -0.39 is 12.1 Å². The molecule has 1 aromatic heterocycles. The van der Waals surface area contributed by atoms with Crippen LogP contribution in [0.2, 0.25) is 0 Å². The molecule has 0 saturated carbocycles. The van der Waals surface area contributed by atoms with E-state index in [1.165, 1.54) is 6.42 Å². The van der Waals surface area contributed by atoms with Gasteiger partial charge in [0.1, 0.15) is 5.76 Å². The van der Waals surface area contributed by atoms with E-state index in [0.29, 0.717) is 17.9 Å². The summed E-state index contributed by atoms with van der Waals surface area (Å²) in [7, 11) is 0. The Kier molecular flexibility index (Phi) is 7.31. The van der Waals surface area contributed by atoms with Crippen molar-refractivity contribution < 1.29 is 32.3 Å². The third kappa shape index (κ3) is 6.19. The van der Waals surface area contributed by atoms with Crippen LogP contribution in [-0.4, -0.2) is 63.6 Å². The van der Waals surface area contributed by atoms with Crippen molar-refractivity contribution in [3.63, 3.8) is 0 Å². The van der Waals surface area contributed by atoms with Crippen molar-refractivity contribution in [1.82, 2.24) is 14.8 Å². The Balaban J connectivity index is 0.000000370. The van der Waals surface area contributed by atoms with Gasteiger partial charge in [-0.3, -0.25) is 9.69 Å². The summed E-state index contributed by atoms with van der Waals surface area (Å²) in [4.78, 5) is 30.4. The van der Waals surface area contributed by atoms with E-state index in [9.17, 15) is 18.0 Å². The summed E-state index contributed by atoms with van der Waals surface area (Å²) < 4.78 is 37.5. The van der Waals surface area contributed by atoms with E-state index in [0.717, 1.165) is 44.1 Å². The number of oxazole rings is 1. The standard InChI is InChI=1S/C17H27N3O2.C2HF3O2/c1-11(2)19-6-5-15-14(10-19)18-16(22-15)17(21)20-8-12(3)7-13(4)9-20;3-2(4,5)1(6)7/h11-13H,5-10H2,1-4H3;(H,6,7). The molecular formula is C19H28F3N3O4. The third-order valence-electron chi connectivity index (χ3n) is 5.07. The average Bonchev–Trinajstić information content (AvgIpc) is 3.03. The predicted octanol–water partition coefficient (Wildman–Crippen LogP) is 3.19. The molecule has 1 amide bonds. The number of amides is 1. The fourth-order valence-electron chi connectivity index (χ4n) is 3.72. The number of piperidine rings is 1. The molecule has 0 aromatic carbocycles. The lowest BCUT2D eigenvalue weighted by molar-refractivity contribution is -0.192. The summed E-state index contributed by atoms with van der Waals surface area (Å²) in [5.41, 5.74) is 0.946. The van der Waals surface area contributed by atoms with Crippen molar-refractivity contribution >= 4 is 11.9 Å². The second kappa shape index (κ2) is 9.15. The summed E-state index contributed by atoms with van der Waals surface area (Å²) >= 11 is 0. The summed E-state index contributed by atoms with van der Waals surface area (Å²) in [6.07, 6.45) is -3.05. The first-order chi connectivity index (χ1) is 13.4. The number of aromatic nitrogens is 1. The van der Waals surface area contributed by atoms with Gasteiger partial charge in [-0.25, -0.2) is 9.78 Å². The van der Waals surface area contributed by atoms with Gasteiger partial charge in [-0.05, 0) is 32.1 Å². The Bertz CT molecular complexity index is 723. The third-order valence-corrected chi connectivity index (χ3v) is 5.07. The molecule has 164 valence electrons. The van der Waals surface area contributed by atoms with Crippen molar-refractivity contribution in [2.45, 2.75) is 59.3 Å². The SMILES string of the molecule is CC1CC(C)CN(C(=O)c2nc3c(o2)CCN(C(C)C)C3)C1.O=C(O)C(F)(F)F. The minimum atomic E-state index is -5.08. The number of aliphatic carboxylic acids is 1. The molecule has 1 saturated heterocycles. The highest BCUT2D eigenvalue weighted by Gasteiger charge is 2.38. The summed E-state index contributed by atoms with van der Waals surface area (Å²) in [5.74, 6) is -0.505. The lowest BCUT2D eigenvalue weighted by atomic mass is 9.92. The Labute approximate surface area is 167 Å².